The standard InChI is InChI=1S/C24H22O5S/c1-17-16-18(14-15-24(2,3)26)8-13-22(17)29-19-9-11-20(12-10-19)30(27,28)23-7-5-4-6-21(23)25/h4-13,16,25-26H,1-3H3. The zero-order valence-electron chi connectivity index (χ0n) is 16.9. The van der Waals surface area contributed by atoms with Gasteiger partial charge in [0.05, 0.1) is 4.90 Å². The van der Waals surface area contributed by atoms with E-state index in [0.717, 1.165) is 11.1 Å². The van der Waals surface area contributed by atoms with Crippen LogP contribution in [0.25, 0.3) is 0 Å². The van der Waals surface area contributed by atoms with Gasteiger partial charge in [-0.05, 0) is 80.9 Å². The quantitative estimate of drug-likeness (QED) is 0.607. The molecule has 3 rings (SSSR count). The van der Waals surface area contributed by atoms with E-state index < -0.39 is 15.4 Å². The predicted octanol–water partition coefficient (Wildman–Crippen LogP) is 4.45. The van der Waals surface area contributed by atoms with Crippen LogP contribution in [0, 0.1) is 18.8 Å². The molecular weight excluding hydrogens is 400 g/mol. The summed E-state index contributed by atoms with van der Waals surface area (Å²) < 4.78 is 31.3. The van der Waals surface area contributed by atoms with Crippen LogP contribution in [0.4, 0.5) is 0 Å². The van der Waals surface area contributed by atoms with Crippen LogP contribution in [0.15, 0.2) is 76.5 Å². The lowest BCUT2D eigenvalue weighted by molar-refractivity contribution is 0.143. The van der Waals surface area contributed by atoms with Crippen LogP contribution in [0.3, 0.4) is 0 Å². The Labute approximate surface area is 176 Å². The average Bonchev–Trinajstić information content (AvgIpc) is 2.68. The fourth-order valence-corrected chi connectivity index (χ4v) is 4.04. The van der Waals surface area contributed by atoms with Gasteiger partial charge in [-0.2, -0.15) is 0 Å². The molecule has 0 amide bonds. The first-order valence-corrected chi connectivity index (χ1v) is 10.7. The van der Waals surface area contributed by atoms with Crippen molar-refractivity contribution in [3.63, 3.8) is 0 Å². The van der Waals surface area contributed by atoms with E-state index in [4.69, 9.17) is 4.74 Å². The number of hydrogen-bond acceptors (Lipinski definition) is 5. The van der Waals surface area contributed by atoms with E-state index in [0.29, 0.717) is 11.5 Å². The van der Waals surface area contributed by atoms with Crippen molar-refractivity contribution in [3.05, 3.63) is 77.9 Å². The summed E-state index contributed by atoms with van der Waals surface area (Å²) in [6, 6.07) is 17.2. The predicted molar refractivity (Wildman–Crippen MR) is 114 cm³/mol. The lowest BCUT2D eigenvalue weighted by Gasteiger charge is -2.11. The number of phenolic OH excluding ortho intramolecular Hbond substituents is 1. The van der Waals surface area contributed by atoms with Gasteiger partial charge < -0.3 is 14.9 Å². The SMILES string of the molecule is Cc1cc(C#CC(C)(C)O)ccc1Oc1ccc(S(=O)(=O)c2ccccc2O)cc1. The fraction of sp³-hybridized carbons (Fsp3) is 0.167. The molecule has 0 unspecified atom stereocenters. The number of sulfone groups is 1. The van der Waals surface area contributed by atoms with Gasteiger partial charge in [0.2, 0.25) is 9.84 Å². The normalized spacial score (nSPS) is 11.5. The Morgan fingerprint density at radius 2 is 1.63 bits per heavy atom. The number of benzene rings is 3. The molecular formula is C24H22O5S. The zero-order valence-corrected chi connectivity index (χ0v) is 17.7. The average molecular weight is 423 g/mol. The molecule has 0 fully saturated rings. The van der Waals surface area contributed by atoms with Gasteiger partial charge >= 0.3 is 0 Å². The minimum Gasteiger partial charge on any atom is -0.507 e. The van der Waals surface area contributed by atoms with Gasteiger partial charge in [-0.25, -0.2) is 8.42 Å². The summed E-state index contributed by atoms with van der Waals surface area (Å²) >= 11 is 0. The molecule has 0 atom stereocenters. The van der Waals surface area contributed by atoms with Crippen molar-refractivity contribution in [2.75, 3.05) is 0 Å². The van der Waals surface area contributed by atoms with Crippen molar-refractivity contribution in [3.8, 4) is 29.1 Å². The smallest absolute Gasteiger partial charge is 0.210 e. The van der Waals surface area contributed by atoms with E-state index in [9.17, 15) is 18.6 Å². The van der Waals surface area contributed by atoms with Crippen LogP contribution in [0.5, 0.6) is 17.2 Å². The van der Waals surface area contributed by atoms with E-state index in [1.165, 1.54) is 24.3 Å². The molecule has 0 saturated carbocycles. The molecule has 30 heavy (non-hydrogen) atoms. The molecule has 0 bridgehead atoms. The van der Waals surface area contributed by atoms with Gasteiger partial charge in [-0.15, -0.1) is 0 Å². The number of aromatic hydroxyl groups is 1. The summed E-state index contributed by atoms with van der Waals surface area (Å²) in [5, 5.41) is 19.6. The third kappa shape index (κ3) is 5.01. The first kappa shape index (κ1) is 21.4. The third-order valence-corrected chi connectivity index (χ3v) is 6.02. The number of aliphatic hydroxyl groups is 1. The Kier molecular flexibility index (Phi) is 5.88. The molecule has 5 nitrogen and oxygen atoms in total. The number of ether oxygens (including phenoxy) is 1. The Hall–Kier alpha value is -3.27. The van der Waals surface area contributed by atoms with Gasteiger partial charge in [0, 0.05) is 5.56 Å². The number of para-hydroxylation sites is 1. The first-order chi connectivity index (χ1) is 14.1. The Morgan fingerprint density at radius 3 is 2.23 bits per heavy atom. The maximum absolute atomic E-state index is 12.7. The van der Waals surface area contributed by atoms with Crippen molar-refractivity contribution >= 4 is 9.84 Å². The summed E-state index contributed by atoms with van der Waals surface area (Å²) in [5.74, 6) is 6.48. The highest BCUT2D eigenvalue weighted by Gasteiger charge is 2.21. The Bertz CT molecular complexity index is 1230. The molecule has 0 saturated heterocycles. The van der Waals surface area contributed by atoms with E-state index in [2.05, 4.69) is 11.8 Å². The van der Waals surface area contributed by atoms with E-state index in [1.54, 1.807) is 50.2 Å². The molecule has 0 aliphatic heterocycles. The van der Waals surface area contributed by atoms with Crippen LogP contribution < -0.4 is 4.74 Å². The van der Waals surface area contributed by atoms with Crippen molar-refractivity contribution in [1.29, 1.82) is 0 Å². The van der Waals surface area contributed by atoms with E-state index >= 15 is 0 Å². The molecule has 2 N–H and O–H groups in total. The van der Waals surface area contributed by atoms with Gasteiger partial charge in [0.1, 0.15) is 27.7 Å². The molecule has 0 aromatic heterocycles. The van der Waals surface area contributed by atoms with Crippen molar-refractivity contribution in [2.45, 2.75) is 36.2 Å². The second kappa shape index (κ2) is 8.23. The van der Waals surface area contributed by atoms with Gasteiger partial charge in [-0.3, -0.25) is 0 Å². The zero-order chi connectivity index (χ0) is 21.9. The number of rotatable bonds is 4. The van der Waals surface area contributed by atoms with Crippen LogP contribution in [-0.4, -0.2) is 24.2 Å². The topological polar surface area (TPSA) is 83.8 Å². The fourth-order valence-electron chi connectivity index (χ4n) is 2.69. The third-order valence-electron chi connectivity index (χ3n) is 4.20. The van der Waals surface area contributed by atoms with Crippen LogP contribution in [-0.2, 0) is 9.84 Å². The van der Waals surface area contributed by atoms with Gasteiger partial charge in [-0.1, -0.05) is 24.0 Å². The van der Waals surface area contributed by atoms with Gasteiger partial charge in [0.15, 0.2) is 0 Å². The molecule has 0 heterocycles. The lowest BCUT2D eigenvalue weighted by Crippen LogP contribution is -2.14. The summed E-state index contributed by atoms with van der Waals surface area (Å²) in [4.78, 5) is -0.0809. The van der Waals surface area contributed by atoms with Gasteiger partial charge in [0.25, 0.3) is 0 Å². The maximum Gasteiger partial charge on any atom is 0.210 e. The summed E-state index contributed by atoms with van der Waals surface area (Å²) in [7, 11) is -3.83. The molecule has 0 aliphatic carbocycles. The molecule has 3 aromatic rings. The molecule has 0 aliphatic rings. The van der Waals surface area contributed by atoms with E-state index in [-0.39, 0.29) is 15.5 Å². The monoisotopic (exact) mass is 422 g/mol. The molecule has 0 spiro atoms. The second-order valence-corrected chi connectivity index (χ2v) is 9.25. The minimum absolute atomic E-state index is 0.0605. The molecule has 6 heteroatoms. The van der Waals surface area contributed by atoms with Crippen LogP contribution in [0.2, 0.25) is 0 Å². The van der Waals surface area contributed by atoms with Crippen molar-refractivity contribution in [2.24, 2.45) is 0 Å². The first-order valence-electron chi connectivity index (χ1n) is 9.23. The summed E-state index contributed by atoms with van der Waals surface area (Å²) in [6.45, 7) is 5.11. The summed E-state index contributed by atoms with van der Waals surface area (Å²) in [5.41, 5.74) is 0.538. The molecule has 0 radical (unpaired) electrons. The van der Waals surface area contributed by atoms with Crippen LogP contribution in [0.1, 0.15) is 25.0 Å². The number of hydrogen-bond donors (Lipinski definition) is 2. The Morgan fingerprint density at radius 1 is 0.967 bits per heavy atom. The maximum atomic E-state index is 12.7. The molecule has 3 aromatic carbocycles. The minimum atomic E-state index is -3.83. The summed E-state index contributed by atoms with van der Waals surface area (Å²) in [6.07, 6.45) is 0. The van der Waals surface area contributed by atoms with E-state index in [1.807, 2.05) is 13.0 Å². The number of aryl methyl sites for hydroxylation is 1. The highest BCUT2D eigenvalue weighted by molar-refractivity contribution is 7.91. The van der Waals surface area contributed by atoms with Crippen LogP contribution >= 0.6 is 0 Å². The highest BCUT2D eigenvalue weighted by atomic mass is 32.2. The Balaban J connectivity index is 1.81. The molecule has 154 valence electrons. The number of phenols is 1. The van der Waals surface area contributed by atoms with Crippen molar-refractivity contribution < 1.29 is 23.4 Å². The second-order valence-electron chi connectivity index (χ2n) is 7.33. The largest absolute Gasteiger partial charge is 0.507 e. The lowest BCUT2D eigenvalue weighted by atomic mass is 10.1. The highest BCUT2D eigenvalue weighted by Crippen LogP contribution is 2.31. The van der Waals surface area contributed by atoms with Crippen molar-refractivity contribution in [1.82, 2.24) is 0 Å².